The summed E-state index contributed by atoms with van der Waals surface area (Å²) in [5.41, 5.74) is 0. The molecule has 0 aliphatic carbocycles. The van der Waals surface area contributed by atoms with Gasteiger partial charge >= 0.3 is 12.0 Å². The fourth-order valence-corrected chi connectivity index (χ4v) is 4.14. The number of likely N-dealkylation sites (tertiary alicyclic amines) is 1. The molecule has 1 aliphatic rings. The quantitative estimate of drug-likeness (QED) is 0.366. The van der Waals surface area contributed by atoms with Crippen LogP contribution in [0.2, 0.25) is 0 Å². The van der Waals surface area contributed by atoms with E-state index in [1.165, 1.54) is 18.7 Å². The Kier molecular flexibility index (Phi) is 10.4. The molecule has 0 radical (unpaired) electrons. The van der Waals surface area contributed by atoms with Crippen LogP contribution in [-0.2, 0) is 14.4 Å². The van der Waals surface area contributed by atoms with Crippen molar-refractivity contribution >= 4 is 23.8 Å². The predicted octanol–water partition coefficient (Wildman–Crippen LogP) is 1.67. The van der Waals surface area contributed by atoms with E-state index in [1.54, 1.807) is 49.5 Å². The van der Waals surface area contributed by atoms with E-state index in [0.29, 0.717) is 12.2 Å². The minimum Gasteiger partial charge on any atom is -0.410 e. The largest absolute Gasteiger partial charge is 0.413 e. The zero-order valence-electron chi connectivity index (χ0n) is 21.7. The van der Waals surface area contributed by atoms with E-state index >= 15 is 0 Å². The Labute approximate surface area is 215 Å². The van der Waals surface area contributed by atoms with Crippen molar-refractivity contribution < 1.29 is 37.8 Å². The van der Waals surface area contributed by atoms with E-state index in [1.807, 2.05) is 0 Å². The number of benzene rings is 1. The zero-order valence-corrected chi connectivity index (χ0v) is 21.7. The number of amides is 4. The fourth-order valence-electron chi connectivity index (χ4n) is 4.14. The Bertz CT molecular complexity index is 960. The van der Waals surface area contributed by atoms with Crippen LogP contribution in [0.25, 0.3) is 0 Å². The van der Waals surface area contributed by atoms with Crippen molar-refractivity contribution in [3.8, 4) is 5.75 Å². The number of carbonyl (C=O) groups is 4. The van der Waals surface area contributed by atoms with Gasteiger partial charge in [0.1, 0.15) is 23.9 Å². The Morgan fingerprint density at radius 1 is 1.05 bits per heavy atom. The highest BCUT2D eigenvalue weighted by atomic mass is 19.3. The third kappa shape index (κ3) is 7.37. The smallest absolute Gasteiger partial charge is 0.410 e. The molecule has 4 atom stereocenters. The molecule has 1 saturated heterocycles. The van der Waals surface area contributed by atoms with Gasteiger partial charge in [-0.05, 0) is 36.8 Å². The number of rotatable bonds is 10. The second-order valence-corrected chi connectivity index (χ2v) is 9.68. The van der Waals surface area contributed by atoms with Crippen LogP contribution < -0.4 is 20.7 Å². The van der Waals surface area contributed by atoms with Crippen LogP contribution in [0.3, 0.4) is 0 Å². The van der Waals surface area contributed by atoms with E-state index in [2.05, 4.69) is 10.6 Å². The molecule has 0 unspecified atom stereocenters. The molecule has 1 aromatic rings. The summed E-state index contributed by atoms with van der Waals surface area (Å²) >= 11 is 0. The van der Waals surface area contributed by atoms with E-state index in [9.17, 15) is 33.1 Å². The molecule has 0 aromatic heterocycles. The minimum absolute atomic E-state index is 0.221. The Balaban J connectivity index is 2.15. The zero-order chi connectivity index (χ0) is 27.9. The van der Waals surface area contributed by atoms with Gasteiger partial charge in [0.05, 0.1) is 6.04 Å². The fraction of sp³-hybridized carbons (Fsp3) is 0.600. The molecular formula is C25H36F2N4O6. The molecule has 12 heteroatoms. The first-order chi connectivity index (χ1) is 17.3. The van der Waals surface area contributed by atoms with E-state index in [4.69, 9.17) is 4.74 Å². The number of para-hydroxylation sites is 1. The van der Waals surface area contributed by atoms with Gasteiger partial charge in [-0.25, -0.2) is 4.79 Å². The van der Waals surface area contributed by atoms with Gasteiger partial charge in [0, 0.05) is 13.6 Å². The summed E-state index contributed by atoms with van der Waals surface area (Å²) in [6.07, 6.45) is -2.58. The summed E-state index contributed by atoms with van der Waals surface area (Å²) in [5.74, 6) is -7.78. The SMILES string of the molecule is CNC(=O)C(F)(F)[C@H](O)[C@@H](NC(=O)[C@@H]1CCCN1C(=O)[C@@H](NC(=O)Oc1ccccc1)C(C)C)C(C)C. The summed E-state index contributed by atoms with van der Waals surface area (Å²) < 4.78 is 34.0. The summed E-state index contributed by atoms with van der Waals surface area (Å²) in [4.78, 5) is 51.8. The van der Waals surface area contributed by atoms with Crippen molar-refractivity contribution in [2.75, 3.05) is 13.6 Å². The molecule has 0 bridgehead atoms. The number of alkyl halides is 2. The van der Waals surface area contributed by atoms with Gasteiger partial charge in [0.25, 0.3) is 5.91 Å². The lowest BCUT2D eigenvalue weighted by molar-refractivity contribution is -0.169. The number of carbonyl (C=O) groups excluding carboxylic acids is 4. The molecule has 1 aliphatic heterocycles. The average Bonchev–Trinajstić information content (AvgIpc) is 3.34. The van der Waals surface area contributed by atoms with Crippen LogP contribution in [0, 0.1) is 11.8 Å². The topological polar surface area (TPSA) is 137 Å². The second-order valence-electron chi connectivity index (χ2n) is 9.68. The molecule has 10 nitrogen and oxygen atoms in total. The Morgan fingerprint density at radius 2 is 1.68 bits per heavy atom. The van der Waals surface area contributed by atoms with Gasteiger partial charge in [-0.2, -0.15) is 8.78 Å². The number of ether oxygens (including phenoxy) is 1. The van der Waals surface area contributed by atoms with Gasteiger partial charge in [-0.1, -0.05) is 45.9 Å². The summed E-state index contributed by atoms with van der Waals surface area (Å²) in [7, 11) is 1.02. The number of aliphatic hydroxyl groups excluding tert-OH is 1. The first-order valence-electron chi connectivity index (χ1n) is 12.2. The predicted molar refractivity (Wildman–Crippen MR) is 131 cm³/mol. The van der Waals surface area contributed by atoms with E-state index in [0.717, 1.165) is 7.05 Å². The third-order valence-electron chi connectivity index (χ3n) is 6.27. The van der Waals surface area contributed by atoms with Gasteiger partial charge < -0.3 is 30.7 Å². The number of nitrogens with zero attached hydrogens (tertiary/aromatic N) is 1. The van der Waals surface area contributed by atoms with Crippen LogP contribution in [0.5, 0.6) is 5.75 Å². The number of hydrogen-bond acceptors (Lipinski definition) is 6. The lowest BCUT2D eigenvalue weighted by Crippen LogP contribution is -2.61. The van der Waals surface area contributed by atoms with Crippen molar-refractivity contribution in [2.45, 2.75) is 70.7 Å². The average molecular weight is 527 g/mol. The molecule has 1 aromatic carbocycles. The third-order valence-corrected chi connectivity index (χ3v) is 6.27. The van der Waals surface area contributed by atoms with Crippen molar-refractivity contribution in [3.05, 3.63) is 30.3 Å². The maximum Gasteiger partial charge on any atom is 0.413 e. The summed E-state index contributed by atoms with van der Waals surface area (Å²) in [6, 6.07) is 4.83. The molecule has 4 amide bonds. The van der Waals surface area contributed by atoms with Crippen molar-refractivity contribution in [1.82, 2.24) is 20.9 Å². The molecule has 0 spiro atoms. The Morgan fingerprint density at radius 3 is 2.22 bits per heavy atom. The van der Waals surface area contributed by atoms with Crippen molar-refractivity contribution in [2.24, 2.45) is 11.8 Å². The summed E-state index contributed by atoms with van der Waals surface area (Å²) in [6.45, 7) is 6.70. The monoisotopic (exact) mass is 526 g/mol. The van der Waals surface area contributed by atoms with E-state index in [-0.39, 0.29) is 18.9 Å². The molecule has 0 saturated carbocycles. The van der Waals surface area contributed by atoms with Gasteiger partial charge in [0.15, 0.2) is 0 Å². The molecule has 4 N–H and O–H groups in total. The maximum atomic E-state index is 14.4. The molecular weight excluding hydrogens is 490 g/mol. The second kappa shape index (κ2) is 12.8. The standard InChI is InChI=1S/C25H36F2N4O6/c1-14(2)18(20(32)25(26,27)23(35)28-5)29-21(33)17-12-9-13-31(17)22(34)19(15(3)4)30-24(36)37-16-10-7-6-8-11-16/h6-8,10-11,14-15,17-20,32H,9,12-13H2,1-5H3,(H,28,35)(H,29,33)(H,30,36)/t17-,18-,19-,20+/m0/s1. The number of nitrogens with one attached hydrogen (secondary N) is 3. The van der Waals surface area contributed by atoms with Crippen LogP contribution in [0.4, 0.5) is 13.6 Å². The van der Waals surface area contributed by atoms with Crippen LogP contribution >= 0.6 is 0 Å². The van der Waals surface area contributed by atoms with Crippen LogP contribution in [0.1, 0.15) is 40.5 Å². The first kappa shape index (κ1) is 29.9. The molecule has 1 heterocycles. The van der Waals surface area contributed by atoms with Gasteiger partial charge in [-0.3, -0.25) is 14.4 Å². The van der Waals surface area contributed by atoms with Crippen LogP contribution in [-0.4, -0.2) is 77.6 Å². The highest BCUT2D eigenvalue weighted by Crippen LogP contribution is 2.26. The Hall–Kier alpha value is -3.28. The van der Waals surface area contributed by atoms with Gasteiger partial charge in [0.2, 0.25) is 11.8 Å². The lowest BCUT2D eigenvalue weighted by atomic mass is 9.93. The first-order valence-corrected chi connectivity index (χ1v) is 12.2. The normalized spacial score (nSPS) is 18.2. The van der Waals surface area contributed by atoms with Gasteiger partial charge in [-0.15, -0.1) is 0 Å². The molecule has 1 fully saturated rings. The number of halogens is 2. The van der Waals surface area contributed by atoms with Crippen molar-refractivity contribution in [3.63, 3.8) is 0 Å². The van der Waals surface area contributed by atoms with Crippen molar-refractivity contribution in [1.29, 1.82) is 0 Å². The molecule has 206 valence electrons. The van der Waals surface area contributed by atoms with Crippen LogP contribution in [0.15, 0.2) is 30.3 Å². The van der Waals surface area contributed by atoms with E-state index < -0.39 is 59.9 Å². The maximum absolute atomic E-state index is 14.4. The number of aliphatic hydroxyl groups is 1. The number of hydrogen-bond donors (Lipinski definition) is 4. The molecule has 37 heavy (non-hydrogen) atoms. The minimum atomic E-state index is -4.14. The highest BCUT2D eigenvalue weighted by Gasteiger charge is 2.51. The lowest BCUT2D eigenvalue weighted by Gasteiger charge is -2.34. The summed E-state index contributed by atoms with van der Waals surface area (Å²) in [5, 5.41) is 17.1. The highest BCUT2D eigenvalue weighted by molar-refractivity contribution is 5.92. The molecule has 2 rings (SSSR count).